The van der Waals surface area contributed by atoms with E-state index in [-0.39, 0.29) is 0 Å². The third-order valence-electron chi connectivity index (χ3n) is 17.9. The molecule has 12 aromatic carbocycles. The molecule has 4 heteroatoms. The molecule has 0 atom stereocenters. The molecule has 0 bridgehead atoms. The summed E-state index contributed by atoms with van der Waals surface area (Å²) in [6, 6.07) is 94.6. The van der Waals surface area contributed by atoms with Crippen molar-refractivity contribution in [3.8, 4) is 73.2 Å². The highest BCUT2D eigenvalue weighted by Crippen LogP contribution is 2.66. The quantitative estimate of drug-likeness (QED) is 0.177. The summed E-state index contributed by atoms with van der Waals surface area (Å²) in [5.74, 6) is 1.82. The van der Waals surface area contributed by atoms with Crippen molar-refractivity contribution in [3.05, 3.63) is 299 Å². The van der Waals surface area contributed by atoms with Gasteiger partial charge in [-0.25, -0.2) is 4.98 Å². The second-order valence-corrected chi connectivity index (χ2v) is 21.3. The Bertz CT molecular complexity index is 4550. The van der Waals surface area contributed by atoms with Gasteiger partial charge in [-0.1, -0.05) is 231 Å². The minimum Gasteiger partial charge on any atom is -0.278 e. The summed E-state index contributed by atoms with van der Waals surface area (Å²) in [5, 5.41) is 6.75. The highest BCUT2D eigenvalue weighted by Gasteiger charge is 2.54. The van der Waals surface area contributed by atoms with Crippen LogP contribution in [0.3, 0.4) is 0 Å². The van der Waals surface area contributed by atoms with Crippen molar-refractivity contribution in [2.45, 2.75) is 10.8 Å². The molecular formula is C73H42N4. The molecule has 18 rings (SSSR count). The molecule has 2 spiro atoms. The van der Waals surface area contributed by atoms with Gasteiger partial charge in [-0.2, -0.15) is 9.97 Å². The lowest BCUT2D eigenvalue weighted by atomic mass is 9.70. The smallest absolute Gasteiger partial charge is 0.238 e. The number of hydrogen-bond donors (Lipinski definition) is 0. The Hall–Kier alpha value is -10.0. The normalized spacial score (nSPS) is 14.2. The maximum absolute atomic E-state index is 5.68. The topological polar surface area (TPSA) is 43.6 Å². The van der Waals surface area contributed by atoms with Crippen molar-refractivity contribution >= 4 is 43.4 Å². The summed E-state index contributed by atoms with van der Waals surface area (Å²) in [4.78, 5) is 16.8. The lowest BCUT2D eigenvalue weighted by Gasteiger charge is -2.30. The minimum atomic E-state index is -0.532. The standard InChI is InChI=1S/C73H42N4/c1-3-23-45-43(19-1)21-17-31-53(45)69-74-70(54-32-18-22-44-20-2-4-24-46(44)54)76-71(75-69)77-67-41-55-51-29-9-15-37-63(51)72(59-33-11-5-25-47(59)48-26-6-12-34-60(48)72)65(55)39-57(67)58-40-66-56(42-68(58)77)52-30-10-16-38-64(52)73(66)61-35-13-7-27-49(61)50-28-8-14-36-62(50)73/h1-42H. The van der Waals surface area contributed by atoms with Gasteiger partial charge in [0.25, 0.3) is 0 Å². The number of benzene rings is 12. The lowest BCUT2D eigenvalue weighted by molar-refractivity contribution is 0.794. The third-order valence-corrected chi connectivity index (χ3v) is 17.9. The van der Waals surface area contributed by atoms with Crippen LogP contribution in [0, 0.1) is 0 Å². The Kier molecular flexibility index (Phi) is 7.97. The molecule has 2 aromatic heterocycles. The number of nitrogens with zero attached hydrogens (tertiary/aromatic N) is 4. The first-order valence-electron chi connectivity index (χ1n) is 26.7. The molecule has 0 amide bonds. The van der Waals surface area contributed by atoms with E-state index in [4.69, 9.17) is 15.0 Å². The summed E-state index contributed by atoms with van der Waals surface area (Å²) in [5.41, 5.74) is 23.5. The lowest BCUT2D eigenvalue weighted by Crippen LogP contribution is -2.26. The summed E-state index contributed by atoms with van der Waals surface area (Å²) < 4.78 is 2.37. The van der Waals surface area contributed by atoms with Gasteiger partial charge in [0.1, 0.15) is 0 Å². The first-order valence-corrected chi connectivity index (χ1v) is 26.7. The SMILES string of the molecule is c1ccc2c(c1)-c1ccccc1C21c2ccccc2-c2cc3c(cc21)c1cc2c(cc1n3-c1nc(-c3cccc4ccccc34)nc(-c3cccc4ccccc34)n1)-c1ccccc1C21c2ccccc2-c2ccccc21. The van der Waals surface area contributed by atoms with E-state index in [2.05, 4.69) is 259 Å². The van der Waals surface area contributed by atoms with E-state index in [1.807, 2.05) is 0 Å². The number of fused-ring (bicyclic) bond motifs is 25. The van der Waals surface area contributed by atoms with Crippen LogP contribution in [-0.4, -0.2) is 19.5 Å². The minimum absolute atomic E-state index is 0.532. The Labute approximate surface area is 443 Å². The van der Waals surface area contributed by atoms with Gasteiger partial charge in [0.05, 0.1) is 21.9 Å². The molecular weight excluding hydrogens is 933 g/mol. The van der Waals surface area contributed by atoms with Gasteiger partial charge in [-0.05, 0) is 135 Å². The molecule has 0 aliphatic heterocycles. The molecule has 4 nitrogen and oxygen atoms in total. The van der Waals surface area contributed by atoms with Crippen LogP contribution in [0.15, 0.2) is 255 Å². The third kappa shape index (κ3) is 5.10. The molecule has 0 radical (unpaired) electrons. The number of rotatable bonds is 3. The maximum atomic E-state index is 5.68. The van der Waals surface area contributed by atoms with Crippen LogP contribution in [0.1, 0.15) is 44.5 Å². The van der Waals surface area contributed by atoms with Crippen molar-refractivity contribution < 1.29 is 0 Å². The van der Waals surface area contributed by atoms with E-state index < -0.39 is 10.8 Å². The van der Waals surface area contributed by atoms with Crippen LogP contribution in [0.2, 0.25) is 0 Å². The summed E-state index contributed by atoms with van der Waals surface area (Å²) in [6.45, 7) is 0. The van der Waals surface area contributed by atoms with Crippen LogP contribution in [0.5, 0.6) is 0 Å². The van der Waals surface area contributed by atoms with Crippen LogP contribution in [-0.2, 0) is 10.8 Å². The summed E-state index contributed by atoms with van der Waals surface area (Å²) in [7, 11) is 0. The van der Waals surface area contributed by atoms with E-state index in [1.165, 1.54) is 89.0 Å². The van der Waals surface area contributed by atoms with E-state index in [0.717, 1.165) is 54.5 Å². The van der Waals surface area contributed by atoms with Crippen LogP contribution >= 0.6 is 0 Å². The Morgan fingerprint density at radius 1 is 0.234 bits per heavy atom. The van der Waals surface area contributed by atoms with Gasteiger partial charge in [-0.15, -0.1) is 0 Å². The molecule has 0 fully saturated rings. The molecule has 4 aliphatic carbocycles. The Morgan fingerprint density at radius 2 is 0.532 bits per heavy atom. The van der Waals surface area contributed by atoms with Crippen LogP contribution < -0.4 is 0 Å². The molecule has 0 N–H and O–H groups in total. The fourth-order valence-corrected chi connectivity index (χ4v) is 14.9. The molecule has 77 heavy (non-hydrogen) atoms. The van der Waals surface area contributed by atoms with Crippen molar-refractivity contribution in [1.29, 1.82) is 0 Å². The van der Waals surface area contributed by atoms with Gasteiger partial charge < -0.3 is 0 Å². The molecule has 0 saturated carbocycles. The zero-order chi connectivity index (χ0) is 50.1. The van der Waals surface area contributed by atoms with E-state index in [0.29, 0.717) is 17.6 Å². The van der Waals surface area contributed by atoms with E-state index in [1.54, 1.807) is 0 Å². The average Bonchev–Trinajstić information content (AvgIpc) is 4.38. The fraction of sp³-hybridized carbons (Fsp3) is 0.0274. The van der Waals surface area contributed by atoms with Crippen LogP contribution in [0.25, 0.3) is 117 Å². The first kappa shape index (κ1) is 41.3. The monoisotopic (exact) mass is 974 g/mol. The first-order chi connectivity index (χ1) is 38.2. The molecule has 2 heterocycles. The van der Waals surface area contributed by atoms with Crippen molar-refractivity contribution in [2.75, 3.05) is 0 Å². The van der Waals surface area contributed by atoms with Gasteiger partial charge in [0, 0.05) is 21.9 Å². The summed E-state index contributed by atoms with van der Waals surface area (Å²) >= 11 is 0. The van der Waals surface area contributed by atoms with Gasteiger partial charge in [0.2, 0.25) is 5.95 Å². The maximum Gasteiger partial charge on any atom is 0.238 e. The zero-order valence-electron chi connectivity index (χ0n) is 41.5. The highest BCUT2D eigenvalue weighted by atomic mass is 15.2. The van der Waals surface area contributed by atoms with Gasteiger partial charge in [-0.3, -0.25) is 4.57 Å². The zero-order valence-corrected chi connectivity index (χ0v) is 41.5. The Balaban J connectivity index is 1.02. The van der Waals surface area contributed by atoms with Crippen LogP contribution in [0.4, 0.5) is 0 Å². The van der Waals surface area contributed by atoms with Gasteiger partial charge in [0.15, 0.2) is 11.6 Å². The molecule has 0 saturated heterocycles. The highest BCUT2D eigenvalue weighted by molar-refractivity contribution is 6.15. The second-order valence-electron chi connectivity index (χ2n) is 21.3. The predicted molar refractivity (Wildman–Crippen MR) is 313 cm³/mol. The molecule has 14 aromatic rings. The predicted octanol–water partition coefficient (Wildman–Crippen LogP) is 17.3. The largest absolute Gasteiger partial charge is 0.278 e. The fourth-order valence-electron chi connectivity index (χ4n) is 14.9. The number of hydrogen-bond acceptors (Lipinski definition) is 3. The number of aromatic nitrogens is 4. The van der Waals surface area contributed by atoms with Crippen molar-refractivity contribution in [1.82, 2.24) is 19.5 Å². The molecule has 4 aliphatic rings. The van der Waals surface area contributed by atoms with E-state index in [9.17, 15) is 0 Å². The van der Waals surface area contributed by atoms with Crippen molar-refractivity contribution in [3.63, 3.8) is 0 Å². The molecule has 0 unspecified atom stereocenters. The van der Waals surface area contributed by atoms with E-state index >= 15 is 0 Å². The van der Waals surface area contributed by atoms with Crippen molar-refractivity contribution in [2.24, 2.45) is 0 Å². The van der Waals surface area contributed by atoms with Gasteiger partial charge >= 0.3 is 0 Å². The Morgan fingerprint density at radius 3 is 0.909 bits per heavy atom. The second kappa shape index (κ2) is 14.8. The summed E-state index contributed by atoms with van der Waals surface area (Å²) in [6.07, 6.45) is 0. The average molecular weight is 975 g/mol. The molecule has 354 valence electrons.